The molecule has 2 unspecified atom stereocenters. The Balaban J connectivity index is 1.72. The van der Waals surface area contributed by atoms with Crippen LogP contribution in [-0.2, 0) is 14.3 Å². The van der Waals surface area contributed by atoms with Gasteiger partial charge in [-0.2, -0.15) is 0 Å². The normalized spacial score (nSPS) is 54.0. The molecular weight excluding hydrogens is 264 g/mol. The number of hydrogen-bond acceptors (Lipinski definition) is 3. The second-order valence-electron chi connectivity index (χ2n) is 8.72. The molecule has 4 saturated carbocycles. The number of epoxide rings is 1. The molecule has 3 heteroatoms. The van der Waals surface area contributed by atoms with E-state index in [1.54, 1.807) is 0 Å². The third-order valence-corrected chi connectivity index (χ3v) is 7.38. The smallest absolute Gasteiger partial charge is 0.341 e. The lowest BCUT2D eigenvalue weighted by atomic mass is 9.45. The fraction of sp³-hybridized carbons (Fsp3) is 0.944. The first kappa shape index (κ1) is 14.0. The Morgan fingerprint density at radius 1 is 1.10 bits per heavy atom. The molecule has 2 atom stereocenters. The van der Waals surface area contributed by atoms with E-state index in [4.69, 9.17) is 9.47 Å². The maximum absolute atomic E-state index is 12.5. The number of ether oxygens (including phenoxy) is 2. The SMILES string of the molecule is COC(=O)C1(C(C)C)OC1(C)C12CC3CC(CC(C3)C1)C2. The van der Waals surface area contributed by atoms with Gasteiger partial charge in [-0.25, -0.2) is 4.79 Å². The second-order valence-corrected chi connectivity index (χ2v) is 8.72. The van der Waals surface area contributed by atoms with Gasteiger partial charge >= 0.3 is 5.97 Å². The molecule has 0 spiro atoms. The fourth-order valence-electron chi connectivity index (χ4n) is 6.79. The summed E-state index contributed by atoms with van der Waals surface area (Å²) in [6.45, 7) is 6.41. The van der Waals surface area contributed by atoms with Gasteiger partial charge in [-0.05, 0) is 69.1 Å². The molecule has 3 nitrogen and oxygen atoms in total. The molecule has 1 saturated heterocycles. The van der Waals surface area contributed by atoms with Crippen LogP contribution in [0.3, 0.4) is 0 Å². The fourth-order valence-corrected chi connectivity index (χ4v) is 6.79. The van der Waals surface area contributed by atoms with E-state index >= 15 is 0 Å². The van der Waals surface area contributed by atoms with Crippen LogP contribution >= 0.6 is 0 Å². The zero-order valence-corrected chi connectivity index (χ0v) is 13.8. The summed E-state index contributed by atoms with van der Waals surface area (Å²) in [5.74, 6) is 2.64. The Morgan fingerprint density at radius 2 is 1.57 bits per heavy atom. The zero-order valence-electron chi connectivity index (χ0n) is 13.8. The average Bonchev–Trinajstić information content (AvgIpc) is 3.06. The van der Waals surface area contributed by atoms with Crippen LogP contribution in [0.15, 0.2) is 0 Å². The van der Waals surface area contributed by atoms with Crippen molar-refractivity contribution in [2.75, 3.05) is 7.11 Å². The van der Waals surface area contributed by atoms with Crippen molar-refractivity contribution in [3.8, 4) is 0 Å². The molecule has 0 aromatic carbocycles. The third-order valence-electron chi connectivity index (χ3n) is 7.38. The van der Waals surface area contributed by atoms with Crippen LogP contribution in [0.5, 0.6) is 0 Å². The molecule has 118 valence electrons. The molecule has 1 heterocycles. The van der Waals surface area contributed by atoms with E-state index in [2.05, 4.69) is 20.8 Å². The van der Waals surface area contributed by atoms with E-state index < -0.39 is 5.60 Å². The Kier molecular flexibility index (Phi) is 2.70. The van der Waals surface area contributed by atoms with Gasteiger partial charge in [0.15, 0.2) is 5.60 Å². The number of rotatable bonds is 3. The number of carbonyl (C=O) groups excluding carboxylic acids is 1. The van der Waals surface area contributed by atoms with E-state index in [1.165, 1.54) is 45.6 Å². The highest BCUT2D eigenvalue weighted by Crippen LogP contribution is 2.73. The van der Waals surface area contributed by atoms with Crippen LogP contribution in [-0.4, -0.2) is 24.3 Å². The molecule has 1 aliphatic heterocycles. The van der Waals surface area contributed by atoms with E-state index in [0.29, 0.717) is 0 Å². The first-order valence-electron chi connectivity index (χ1n) is 8.65. The molecule has 0 aromatic heterocycles. The van der Waals surface area contributed by atoms with E-state index in [0.717, 1.165) is 17.8 Å². The minimum Gasteiger partial charge on any atom is -0.467 e. The molecule has 0 aromatic rings. The second kappa shape index (κ2) is 4.04. The quantitative estimate of drug-likeness (QED) is 0.590. The van der Waals surface area contributed by atoms with Gasteiger partial charge in [0.05, 0.1) is 7.11 Å². The number of esters is 1. The summed E-state index contributed by atoms with van der Waals surface area (Å²) in [6.07, 6.45) is 8.05. The summed E-state index contributed by atoms with van der Waals surface area (Å²) in [7, 11) is 1.49. The minimum atomic E-state index is -0.701. The highest BCUT2D eigenvalue weighted by atomic mass is 16.7. The van der Waals surface area contributed by atoms with Gasteiger partial charge in [0, 0.05) is 5.41 Å². The van der Waals surface area contributed by atoms with Gasteiger partial charge in [0.2, 0.25) is 0 Å². The van der Waals surface area contributed by atoms with Crippen LogP contribution in [0.4, 0.5) is 0 Å². The molecule has 0 amide bonds. The van der Waals surface area contributed by atoms with Gasteiger partial charge in [-0.3, -0.25) is 0 Å². The van der Waals surface area contributed by atoms with Crippen molar-refractivity contribution >= 4 is 5.97 Å². The van der Waals surface area contributed by atoms with E-state index in [1.807, 2.05) is 0 Å². The Morgan fingerprint density at radius 3 is 1.95 bits per heavy atom. The van der Waals surface area contributed by atoms with Crippen molar-refractivity contribution in [2.24, 2.45) is 29.1 Å². The van der Waals surface area contributed by atoms with E-state index in [-0.39, 0.29) is 22.9 Å². The monoisotopic (exact) mass is 292 g/mol. The summed E-state index contributed by atoms with van der Waals surface area (Å²) < 4.78 is 11.5. The lowest BCUT2D eigenvalue weighted by molar-refractivity contribution is -0.149. The van der Waals surface area contributed by atoms with Crippen molar-refractivity contribution in [3.05, 3.63) is 0 Å². The van der Waals surface area contributed by atoms with Gasteiger partial charge < -0.3 is 9.47 Å². The number of methoxy groups -OCH3 is 1. The van der Waals surface area contributed by atoms with Crippen molar-refractivity contribution in [1.82, 2.24) is 0 Å². The zero-order chi connectivity index (χ0) is 15.0. The summed E-state index contributed by atoms with van der Waals surface area (Å²) in [6, 6.07) is 0. The largest absolute Gasteiger partial charge is 0.467 e. The molecule has 0 N–H and O–H groups in total. The number of carbonyl (C=O) groups is 1. The molecule has 5 rings (SSSR count). The maximum Gasteiger partial charge on any atom is 0.341 e. The van der Waals surface area contributed by atoms with Crippen LogP contribution in [0, 0.1) is 29.1 Å². The topological polar surface area (TPSA) is 38.8 Å². The van der Waals surface area contributed by atoms with Crippen LogP contribution in [0.1, 0.15) is 59.3 Å². The summed E-state index contributed by atoms with van der Waals surface area (Å²) in [4.78, 5) is 12.5. The minimum absolute atomic E-state index is 0.157. The molecular formula is C18H28O3. The van der Waals surface area contributed by atoms with Crippen LogP contribution < -0.4 is 0 Å². The van der Waals surface area contributed by atoms with Gasteiger partial charge in [0.25, 0.3) is 0 Å². The van der Waals surface area contributed by atoms with Crippen molar-refractivity contribution in [2.45, 2.75) is 70.5 Å². The van der Waals surface area contributed by atoms with Crippen molar-refractivity contribution in [3.63, 3.8) is 0 Å². The highest BCUT2D eigenvalue weighted by molar-refractivity contribution is 5.85. The average molecular weight is 292 g/mol. The van der Waals surface area contributed by atoms with Gasteiger partial charge in [0.1, 0.15) is 5.60 Å². The molecule has 0 radical (unpaired) electrons. The first-order valence-corrected chi connectivity index (χ1v) is 8.65. The lowest BCUT2D eigenvalue weighted by Crippen LogP contribution is -2.56. The number of hydrogen-bond donors (Lipinski definition) is 0. The maximum atomic E-state index is 12.5. The predicted octanol–water partition coefficient (Wildman–Crippen LogP) is 3.56. The predicted molar refractivity (Wildman–Crippen MR) is 79.7 cm³/mol. The van der Waals surface area contributed by atoms with Crippen LogP contribution in [0.2, 0.25) is 0 Å². The van der Waals surface area contributed by atoms with Crippen molar-refractivity contribution in [1.29, 1.82) is 0 Å². The van der Waals surface area contributed by atoms with Gasteiger partial charge in [-0.1, -0.05) is 13.8 Å². The molecule has 4 bridgehead atoms. The Labute approximate surface area is 127 Å². The van der Waals surface area contributed by atoms with Crippen molar-refractivity contribution < 1.29 is 14.3 Å². The molecule has 4 aliphatic carbocycles. The van der Waals surface area contributed by atoms with Crippen LogP contribution in [0.25, 0.3) is 0 Å². The van der Waals surface area contributed by atoms with Gasteiger partial charge in [-0.15, -0.1) is 0 Å². The lowest BCUT2D eigenvalue weighted by Gasteiger charge is -2.59. The molecule has 21 heavy (non-hydrogen) atoms. The van der Waals surface area contributed by atoms with E-state index in [9.17, 15) is 4.79 Å². The summed E-state index contributed by atoms with van der Waals surface area (Å²) >= 11 is 0. The highest BCUT2D eigenvalue weighted by Gasteiger charge is 2.82. The first-order chi connectivity index (χ1) is 9.87. The Hall–Kier alpha value is -0.570. The Bertz CT molecular complexity index is 448. The standard InChI is InChI=1S/C18H28O3/c1-11(2)18(15(19)20-4)16(3,21-18)17-8-12-5-13(9-17)7-14(6-12)10-17/h11-14H,5-10H2,1-4H3. The molecule has 5 aliphatic rings. The molecule has 5 fully saturated rings. The summed E-state index contributed by atoms with van der Waals surface area (Å²) in [5.41, 5.74) is -0.787. The third kappa shape index (κ3) is 1.51. The summed E-state index contributed by atoms with van der Waals surface area (Å²) in [5, 5.41) is 0.